The van der Waals surface area contributed by atoms with Crippen LogP contribution in [0.4, 0.5) is 0 Å². The molecule has 0 saturated carbocycles. The molecule has 7 heteroatoms. The quantitative estimate of drug-likeness (QED) is 0.747. The first-order chi connectivity index (χ1) is 11.7. The third-order valence-electron chi connectivity index (χ3n) is 4.12. The van der Waals surface area contributed by atoms with Gasteiger partial charge in [0.2, 0.25) is 5.91 Å². The number of nitrogens with zero attached hydrogens (tertiary/aromatic N) is 2. The van der Waals surface area contributed by atoms with Gasteiger partial charge in [-0.25, -0.2) is 5.43 Å². The number of hydrogen-bond acceptors (Lipinski definition) is 6. The molecule has 2 atom stereocenters. The van der Waals surface area contributed by atoms with Crippen LogP contribution in [0.3, 0.4) is 0 Å². The molecular weight excluding hydrogens is 306 g/mol. The highest BCUT2D eigenvalue weighted by atomic mass is 16.5. The van der Waals surface area contributed by atoms with E-state index in [-0.39, 0.29) is 18.5 Å². The Bertz CT molecular complexity index is 683. The van der Waals surface area contributed by atoms with Crippen molar-refractivity contribution in [3.63, 3.8) is 0 Å². The number of hydrogen-bond donors (Lipinski definition) is 3. The molecule has 1 aromatic heterocycles. The summed E-state index contributed by atoms with van der Waals surface area (Å²) >= 11 is 0. The Morgan fingerprint density at radius 2 is 2.12 bits per heavy atom. The van der Waals surface area contributed by atoms with Crippen LogP contribution in [0, 0.1) is 6.92 Å². The number of carbonyl (C=O) groups excluding carboxylic acids is 1. The van der Waals surface area contributed by atoms with Crippen molar-refractivity contribution in [1.29, 1.82) is 0 Å². The van der Waals surface area contributed by atoms with Gasteiger partial charge in [0.1, 0.15) is 6.04 Å². The van der Waals surface area contributed by atoms with Crippen LogP contribution < -0.4 is 16.2 Å². The summed E-state index contributed by atoms with van der Waals surface area (Å²) in [5.41, 5.74) is 8.24. The highest BCUT2D eigenvalue weighted by Crippen LogP contribution is 2.17. The highest BCUT2D eigenvalue weighted by Gasteiger charge is 2.28. The molecule has 1 aliphatic heterocycles. The van der Waals surface area contributed by atoms with Crippen molar-refractivity contribution >= 4 is 5.91 Å². The van der Waals surface area contributed by atoms with Gasteiger partial charge in [0.25, 0.3) is 5.89 Å². The maximum Gasteiger partial charge on any atom is 0.257 e. The largest absolute Gasteiger partial charge is 0.347 e. The van der Waals surface area contributed by atoms with Crippen molar-refractivity contribution in [3.05, 3.63) is 35.7 Å². The number of aryl methyl sites for hydroxylation is 1. The lowest BCUT2D eigenvalue weighted by molar-refractivity contribution is -0.123. The lowest BCUT2D eigenvalue weighted by Crippen LogP contribution is -2.43. The van der Waals surface area contributed by atoms with Crippen molar-refractivity contribution in [2.45, 2.75) is 51.7 Å². The molecular formula is C17H23N5O2. The summed E-state index contributed by atoms with van der Waals surface area (Å²) in [5.74, 6) is 0.876. The molecule has 2 aromatic rings. The molecule has 2 unspecified atom stereocenters. The summed E-state index contributed by atoms with van der Waals surface area (Å²) in [7, 11) is 0. The number of nitrogens with one attached hydrogen (secondary N) is 3. The van der Waals surface area contributed by atoms with E-state index in [1.807, 2.05) is 31.2 Å². The average molecular weight is 329 g/mol. The molecule has 1 saturated heterocycles. The molecule has 0 spiro atoms. The maximum atomic E-state index is 12.2. The Morgan fingerprint density at radius 1 is 1.33 bits per heavy atom. The fraction of sp³-hybridized carbons (Fsp3) is 0.471. The summed E-state index contributed by atoms with van der Waals surface area (Å²) in [4.78, 5) is 16.5. The molecule has 3 rings (SSSR count). The van der Waals surface area contributed by atoms with E-state index < -0.39 is 0 Å². The summed E-state index contributed by atoms with van der Waals surface area (Å²) in [6.07, 6.45) is 2.94. The van der Waals surface area contributed by atoms with Gasteiger partial charge in [-0.1, -0.05) is 36.2 Å². The van der Waals surface area contributed by atoms with Crippen LogP contribution in [-0.4, -0.2) is 28.1 Å². The first kappa shape index (κ1) is 16.6. The van der Waals surface area contributed by atoms with Crippen molar-refractivity contribution in [2.24, 2.45) is 0 Å². The summed E-state index contributed by atoms with van der Waals surface area (Å²) in [5, 5.41) is 6.77. The zero-order valence-corrected chi connectivity index (χ0v) is 14.0. The zero-order chi connectivity index (χ0) is 16.9. The lowest BCUT2D eigenvalue weighted by atomic mass is 10.1. The molecule has 0 bridgehead atoms. The number of aromatic nitrogens is 2. The number of rotatable bonds is 6. The normalized spacial score (nSPS) is 20.2. The van der Waals surface area contributed by atoms with E-state index in [1.54, 1.807) is 0 Å². The second-order valence-electron chi connectivity index (χ2n) is 6.16. The molecule has 1 fully saturated rings. The van der Waals surface area contributed by atoms with E-state index in [0.29, 0.717) is 17.8 Å². The van der Waals surface area contributed by atoms with Gasteiger partial charge in [-0.05, 0) is 31.9 Å². The Balaban J connectivity index is 1.52. The van der Waals surface area contributed by atoms with Crippen LogP contribution in [0.25, 0.3) is 11.5 Å². The minimum atomic E-state index is -0.218. The first-order valence-electron chi connectivity index (χ1n) is 8.34. The third kappa shape index (κ3) is 3.98. The Hall–Kier alpha value is -2.25. The van der Waals surface area contributed by atoms with Gasteiger partial charge in [0.15, 0.2) is 5.82 Å². The zero-order valence-electron chi connectivity index (χ0n) is 14.0. The van der Waals surface area contributed by atoms with E-state index in [4.69, 9.17) is 4.52 Å². The van der Waals surface area contributed by atoms with Gasteiger partial charge < -0.3 is 9.84 Å². The van der Waals surface area contributed by atoms with E-state index >= 15 is 0 Å². The van der Waals surface area contributed by atoms with Gasteiger partial charge in [-0.2, -0.15) is 4.98 Å². The number of amides is 1. The predicted octanol–water partition coefficient (Wildman–Crippen LogP) is 1.70. The molecule has 1 amide bonds. The monoisotopic (exact) mass is 329 g/mol. The topological polar surface area (TPSA) is 92.1 Å². The van der Waals surface area contributed by atoms with Crippen LogP contribution in [0.2, 0.25) is 0 Å². The Kier molecular flexibility index (Phi) is 5.22. The van der Waals surface area contributed by atoms with Gasteiger partial charge in [-0.3, -0.25) is 10.2 Å². The maximum absolute atomic E-state index is 12.2. The minimum absolute atomic E-state index is 0.0530. The highest BCUT2D eigenvalue weighted by molar-refractivity contribution is 5.81. The van der Waals surface area contributed by atoms with Crippen LogP contribution in [0.1, 0.15) is 37.6 Å². The van der Waals surface area contributed by atoms with Crippen molar-refractivity contribution in [2.75, 3.05) is 0 Å². The van der Waals surface area contributed by atoms with Crippen molar-refractivity contribution in [1.82, 2.24) is 26.3 Å². The van der Waals surface area contributed by atoms with Crippen LogP contribution in [0.5, 0.6) is 0 Å². The molecule has 1 aliphatic rings. The SMILES string of the molecule is CCCC1CC(C(=O)NCc2noc(-c3ccc(C)cc3)n2)NN1. The molecule has 1 aromatic carbocycles. The average Bonchev–Trinajstić information content (AvgIpc) is 3.23. The van der Waals surface area contributed by atoms with E-state index in [9.17, 15) is 4.79 Å². The van der Waals surface area contributed by atoms with Crippen LogP contribution in [0.15, 0.2) is 28.8 Å². The molecule has 0 radical (unpaired) electrons. The van der Waals surface area contributed by atoms with Crippen LogP contribution in [-0.2, 0) is 11.3 Å². The predicted molar refractivity (Wildman–Crippen MR) is 89.7 cm³/mol. The number of hydrazine groups is 1. The molecule has 2 heterocycles. The van der Waals surface area contributed by atoms with Gasteiger partial charge in [0, 0.05) is 11.6 Å². The lowest BCUT2D eigenvalue weighted by Gasteiger charge is -2.08. The molecule has 128 valence electrons. The van der Waals surface area contributed by atoms with Crippen molar-refractivity contribution < 1.29 is 9.32 Å². The minimum Gasteiger partial charge on any atom is -0.347 e. The van der Waals surface area contributed by atoms with E-state index in [2.05, 4.69) is 33.2 Å². The standard InChI is InChI=1S/C17H23N5O2/c1-3-4-13-9-14(21-20-13)16(23)18-10-15-19-17(24-22-15)12-7-5-11(2)6-8-12/h5-8,13-14,20-21H,3-4,9-10H2,1-2H3,(H,18,23). The molecule has 7 nitrogen and oxygen atoms in total. The molecule has 3 N–H and O–H groups in total. The van der Waals surface area contributed by atoms with Crippen LogP contribution >= 0.6 is 0 Å². The summed E-state index contributed by atoms with van der Waals surface area (Å²) in [6, 6.07) is 7.99. The summed E-state index contributed by atoms with van der Waals surface area (Å²) < 4.78 is 5.26. The first-order valence-corrected chi connectivity index (χ1v) is 8.34. The fourth-order valence-corrected chi connectivity index (χ4v) is 2.76. The van der Waals surface area contributed by atoms with Gasteiger partial charge in [-0.15, -0.1) is 0 Å². The molecule has 0 aliphatic carbocycles. The van der Waals surface area contributed by atoms with Gasteiger partial charge in [0.05, 0.1) is 6.54 Å². The van der Waals surface area contributed by atoms with E-state index in [0.717, 1.165) is 24.8 Å². The Morgan fingerprint density at radius 3 is 2.88 bits per heavy atom. The number of benzene rings is 1. The molecule has 24 heavy (non-hydrogen) atoms. The number of carbonyl (C=O) groups is 1. The smallest absolute Gasteiger partial charge is 0.257 e. The van der Waals surface area contributed by atoms with Crippen molar-refractivity contribution in [3.8, 4) is 11.5 Å². The third-order valence-corrected chi connectivity index (χ3v) is 4.12. The summed E-state index contributed by atoms with van der Waals surface area (Å²) in [6.45, 7) is 4.41. The second-order valence-corrected chi connectivity index (χ2v) is 6.16. The second kappa shape index (κ2) is 7.55. The van der Waals surface area contributed by atoms with Gasteiger partial charge >= 0.3 is 0 Å². The van der Waals surface area contributed by atoms with E-state index in [1.165, 1.54) is 5.56 Å². The Labute approximate surface area is 141 Å². The fourth-order valence-electron chi connectivity index (χ4n) is 2.76.